The summed E-state index contributed by atoms with van der Waals surface area (Å²) in [6, 6.07) is 0. The van der Waals surface area contributed by atoms with Crippen molar-refractivity contribution in [1.29, 1.82) is 0 Å². The lowest BCUT2D eigenvalue weighted by Gasteiger charge is -2.35. The van der Waals surface area contributed by atoms with Gasteiger partial charge in [-0.25, -0.2) is 9.59 Å². The van der Waals surface area contributed by atoms with Crippen molar-refractivity contribution in [1.82, 2.24) is 0 Å². The molecule has 4 nitrogen and oxygen atoms in total. The molecule has 0 bridgehead atoms. The number of carbonyl (C=O) groups excluding carboxylic acids is 1. The van der Waals surface area contributed by atoms with E-state index in [0.717, 1.165) is 13.8 Å². The van der Waals surface area contributed by atoms with Gasteiger partial charge in [0.15, 0.2) is 6.10 Å². The van der Waals surface area contributed by atoms with Crippen LogP contribution in [0.5, 0.6) is 0 Å². The molecule has 128 valence electrons. The van der Waals surface area contributed by atoms with Crippen molar-refractivity contribution in [2.75, 3.05) is 0 Å². The smallest absolute Gasteiger partial charge is 0.460 e. The van der Waals surface area contributed by atoms with Gasteiger partial charge in [-0.15, -0.1) is 0 Å². The van der Waals surface area contributed by atoms with Crippen LogP contribution in [-0.4, -0.2) is 41.2 Å². The Labute approximate surface area is 119 Å². The summed E-state index contributed by atoms with van der Waals surface area (Å²) in [5.74, 6) is -17.3. The van der Waals surface area contributed by atoms with Gasteiger partial charge in [0.25, 0.3) is 0 Å². The molecular weight excluding hydrogens is 329 g/mol. The summed E-state index contributed by atoms with van der Waals surface area (Å²) in [6.45, 7) is 1.67. The highest BCUT2D eigenvalue weighted by Gasteiger charge is 2.76. The Bertz CT molecular complexity index is 454. The summed E-state index contributed by atoms with van der Waals surface area (Å²) >= 11 is 0. The Morgan fingerprint density at radius 1 is 1.00 bits per heavy atom. The highest BCUT2D eigenvalue weighted by Crippen LogP contribution is 2.49. The predicted octanol–water partition coefficient (Wildman–Crippen LogP) is 3.03. The summed E-state index contributed by atoms with van der Waals surface area (Å²) in [5.41, 5.74) is 0. The Kier molecular flexibility index (Phi) is 5.99. The maximum absolute atomic E-state index is 13.5. The van der Waals surface area contributed by atoms with Crippen LogP contribution in [0.4, 0.5) is 30.7 Å². The van der Waals surface area contributed by atoms with E-state index in [-0.39, 0.29) is 12.2 Å². The van der Waals surface area contributed by atoms with Gasteiger partial charge in [-0.3, -0.25) is 0 Å². The molecule has 0 fully saturated rings. The molecule has 0 saturated carbocycles. The molecule has 11 heteroatoms. The number of carbonyl (C=O) groups is 2. The van der Waals surface area contributed by atoms with Crippen LogP contribution in [0.1, 0.15) is 13.8 Å². The summed E-state index contributed by atoms with van der Waals surface area (Å²) in [7, 11) is 0. The number of rotatable bonds is 6. The molecule has 0 amide bonds. The fraction of sp³-hybridized carbons (Fsp3) is 0.636. The highest BCUT2D eigenvalue weighted by molar-refractivity contribution is 5.90. The fourth-order valence-electron chi connectivity index (χ4n) is 1.30. The molecule has 0 aliphatic carbocycles. The van der Waals surface area contributed by atoms with Crippen molar-refractivity contribution in [2.24, 2.45) is 5.92 Å². The second-order valence-corrected chi connectivity index (χ2v) is 4.47. The topological polar surface area (TPSA) is 63.6 Å². The summed E-state index contributed by atoms with van der Waals surface area (Å²) in [4.78, 5) is 21.2. The van der Waals surface area contributed by atoms with Gasteiger partial charge in [0.2, 0.25) is 0 Å². The van der Waals surface area contributed by atoms with Gasteiger partial charge in [-0.05, 0) is 5.92 Å². The number of esters is 1. The van der Waals surface area contributed by atoms with E-state index in [9.17, 15) is 40.3 Å². The zero-order chi connectivity index (χ0) is 17.9. The molecule has 1 N–H and O–H groups in total. The van der Waals surface area contributed by atoms with E-state index >= 15 is 0 Å². The van der Waals surface area contributed by atoms with Crippen LogP contribution >= 0.6 is 0 Å². The van der Waals surface area contributed by atoms with E-state index < -0.39 is 42.0 Å². The SMILES string of the molecule is CC(C)C(OC(=O)C=CC(=O)O)C(F)(F)C(F)(F)C(F)(F)F. The standard InChI is InChI=1S/C11H11F7O4/c1-5(2)8(22-7(21)4-3-6(19)20)9(12,13)10(14,15)11(16,17)18/h3-5,8H,1-2H3,(H,19,20). The van der Waals surface area contributed by atoms with E-state index in [0.29, 0.717) is 0 Å². The quantitative estimate of drug-likeness (QED) is 0.459. The van der Waals surface area contributed by atoms with E-state index in [1.807, 2.05) is 0 Å². The summed E-state index contributed by atoms with van der Waals surface area (Å²) < 4.78 is 92.9. The number of hydrogen-bond acceptors (Lipinski definition) is 3. The number of ether oxygens (including phenoxy) is 1. The average Bonchev–Trinajstić information content (AvgIpc) is 2.31. The molecule has 1 atom stereocenters. The van der Waals surface area contributed by atoms with E-state index in [2.05, 4.69) is 4.74 Å². The first-order valence-electron chi connectivity index (χ1n) is 5.58. The molecule has 0 radical (unpaired) electrons. The van der Waals surface area contributed by atoms with E-state index in [4.69, 9.17) is 5.11 Å². The number of carboxylic acids is 1. The fourth-order valence-corrected chi connectivity index (χ4v) is 1.30. The van der Waals surface area contributed by atoms with Crippen LogP contribution in [0.25, 0.3) is 0 Å². The van der Waals surface area contributed by atoms with Crippen LogP contribution in [0.3, 0.4) is 0 Å². The van der Waals surface area contributed by atoms with Gasteiger partial charge in [-0.1, -0.05) is 13.8 Å². The third-order valence-corrected chi connectivity index (χ3v) is 2.34. The molecule has 0 saturated heterocycles. The van der Waals surface area contributed by atoms with Crippen molar-refractivity contribution in [3.05, 3.63) is 12.2 Å². The van der Waals surface area contributed by atoms with Crippen molar-refractivity contribution in [2.45, 2.75) is 38.0 Å². The van der Waals surface area contributed by atoms with Gasteiger partial charge >= 0.3 is 30.0 Å². The van der Waals surface area contributed by atoms with Gasteiger partial charge in [-0.2, -0.15) is 30.7 Å². The number of halogens is 7. The van der Waals surface area contributed by atoms with Crippen molar-refractivity contribution in [3.63, 3.8) is 0 Å². The van der Waals surface area contributed by atoms with Crippen molar-refractivity contribution in [3.8, 4) is 0 Å². The first kappa shape index (κ1) is 20.2. The Morgan fingerprint density at radius 2 is 1.45 bits per heavy atom. The maximum Gasteiger partial charge on any atom is 0.460 e. The van der Waals surface area contributed by atoms with E-state index in [1.165, 1.54) is 0 Å². The highest BCUT2D eigenvalue weighted by atomic mass is 19.4. The minimum absolute atomic E-state index is 0.111. The molecule has 0 aromatic heterocycles. The largest absolute Gasteiger partial charge is 0.478 e. The number of carboxylic acid groups (broad SMARTS) is 1. The predicted molar refractivity (Wildman–Crippen MR) is 57.4 cm³/mol. The molecule has 0 aliphatic heterocycles. The third kappa shape index (κ3) is 4.34. The molecule has 1 unspecified atom stereocenters. The number of hydrogen-bond donors (Lipinski definition) is 1. The zero-order valence-corrected chi connectivity index (χ0v) is 11.1. The van der Waals surface area contributed by atoms with Crippen LogP contribution in [0.15, 0.2) is 12.2 Å². The number of alkyl halides is 7. The summed E-state index contributed by atoms with van der Waals surface area (Å²) in [5, 5.41) is 8.19. The summed E-state index contributed by atoms with van der Waals surface area (Å²) in [6.07, 6.45) is -9.42. The van der Waals surface area contributed by atoms with Crippen molar-refractivity contribution >= 4 is 11.9 Å². The molecule has 0 aliphatic rings. The van der Waals surface area contributed by atoms with Gasteiger partial charge in [0.1, 0.15) is 0 Å². The van der Waals surface area contributed by atoms with E-state index in [1.54, 1.807) is 0 Å². The van der Waals surface area contributed by atoms with Gasteiger partial charge in [0.05, 0.1) is 0 Å². The lowest BCUT2D eigenvalue weighted by atomic mass is 9.95. The molecule has 0 rings (SSSR count). The van der Waals surface area contributed by atoms with Crippen LogP contribution in [-0.2, 0) is 14.3 Å². The molecule has 0 heterocycles. The Balaban J connectivity index is 5.50. The normalized spacial score (nSPS) is 15.2. The van der Waals surface area contributed by atoms with Gasteiger partial charge < -0.3 is 9.84 Å². The monoisotopic (exact) mass is 340 g/mol. The molecule has 0 aromatic carbocycles. The minimum atomic E-state index is -6.56. The number of aliphatic carboxylic acids is 1. The molecule has 0 aromatic rings. The minimum Gasteiger partial charge on any atom is -0.478 e. The van der Waals surface area contributed by atoms with Gasteiger partial charge in [0, 0.05) is 12.2 Å². The maximum atomic E-state index is 13.5. The lowest BCUT2D eigenvalue weighted by molar-refractivity contribution is -0.373. The van der Waals surface area contributed by atoms with Crippen LogP contribution in [0, 0.1) is 5.92 Å². The first-order chi connectivity index (χ1) is 9.64. The third-order valence-electron chi connectivity index (χ3n) is 2.34. The molecule has 22 heavy (non-hydrogen) atoms. The zero-order valence-electron chi connectivity index (χ0n) is 11.1. The second-order valence-electron chi connectivity index (χ2n) is 4.47. The lowest BCUT2D eigenvalue weighted by Crippen LogP contribution is -2.60. The molecule has 0 spiro atoms. The molecular formula is C11H11F7O4. The first-order valence-corrected chi connectivity index (χ1v) is 5.58. The van der Waals surface area contributed by atoms with Crippen LogP contribution < -0.4 is 0 Å². The average molecular weight is 340 g/mol. The Hall–Kier alpha value is -1.81. The second kappa shape index (κ2) is 6.53. The van der Waals surface area contributed by atoms with Crippen molar-refractivity contribution < 1.29 is 50.2 Å². The van der Waals surface area contributed by atoms with Crippen LogP contribution in [0.2, 0.25) is 0 Å². The Morgan fingerprint density at radius 3 is 1.77 bits per heavy atom.